The molecule has 1 saturated heterocycles. The summed E-state index contributed by atoms with van der Waals surface area (Å²) in [5.41, 5.74) is 0.493. The summed E-state index contributed by atoms with van der Waals surface area (Å²) >= 11 is 1.82. The number of carbonyl (C=O) groups excluding carboxylic acids is 2. The maximum absolute atomic E-state index is 14.0. The topological polar surface area (TPSA) is 61.9 Å². The van der Waals surface area contributed by atoms with Crippen LogP contribution in [0.4, 0.5) is 9.18 Å². The number of alkyl carbamates (subject to hydrolysis) is 1. The molecule has 2 atom stereocenters. The average Bonchev–Trinajstić information content (AvgIpc) is 2.72. The van der Waals surface area contributed by atoms with E-state index in [9.17, 15) is 14.0 Å². The van der Waals surface area contributed by atoms with Crippen LogP contribution >= 0.6 is 11.8 Å². The molecule has 168 valence electrons. The Labute approximate surface area is 183 Å². The molecule has 0 saturated carbocycles. The summed E-state index contributed by atoms with van der Waals surface area (Å²) in [5.74, 6) is 1.42. The largest absolute Gasteiger partial charge is 0.439 e. The number of rotatable bonds is 5. The van der Waals surface area contributed by atoms with Gasteiger partial charge in [-0.05, 0) is 36.5 Å². The van der Waals surface area contributed by atoms with E-state index in [-0.39, 0.29) is 35.7 Å². The highest BCUT2D eigenvalue weighted by molar-refractivity contribution is 7.99. The summed E-state index contributed by atoms with van der Waals surface area (Å²) in [5, 5.41) is 2.78. The number of hydrogen-bond acceptors (Lipinski definition) is 5. The molecule has 6 nitrogen and oxygen atoms in total. The summed E-state index contributed by atoms with van der Waals surface area (Å²) < 4.78 is 19.1. The minimum Gasteiger partial charge on any atom is -0.439 e. The van der Waals surface area contributed by atoms with Gasteiger partial charge in [-0.1, -0.05) is 27.4 Å². The Bertz CT molecular complexity index is 702. The highest BCUT2D eigenvalue weighted by Gasteiger charge is 2.29. The van der Waals surface area contributed by atoms with Crippen molar-refractivity contribution in [3.05, 3.63) is 36.3 Å². The highest BCUT2D eigenvalue weighted by Crippen LogP contribution is 2.32. The number of allylic oxidation sites excluding steroid dienone is 4. The molecule has 2 heterocycles. The molecule has 0 spiro atoms. The molecule has 2 aliphatic heterocycles. The van der Waals surface area contributed by atoms with E-state index in [4.69, 9.17) is 4.74 Å². The highest BCUT2D eigenvalue weighted by atomic mass is 32.2. The molecule has 2 unspecified atom stereocenters. The number of ether oxygens (including phenoxy) is 1. The quantitative estimate of drug-likeness (QED) is 0.710. The smallest absolute Gasteiger partial charge is 0.407 e. The molecule has 2 aliphatic rings. The predicted molar refractivity (Wildman–Crippen MR) is 120 cm³/mol. The lowest BCUT2D eigenvalue weighted by Crippen LogP contribution is -2.46. The van der Waals surface area contributed by atoms with Gasteiger partial charge in [0, 0.05) is 49.4 Å². The first-order valence-corrected chi connectivity index (χ1v) is 11.5. The fraction of sp³-hybridized carbons (Fsp3) is 0.636. The molecular weight excluding hydrogens is 405 g/mol. The maximum Gasteiger partial charge on any atom is 0.407 e. The van der Waals surface area contributed by atoms with Crippen molar-refractivity contribution in [1.82, 2.24) is 15.1 Å². The van der Waals surface area contributed by atoms with E-state index in [0.29, 0.717) is 31.9 Å². The van der Waals surface area contributed by atoms with E-state index >= 15 is 0 Å². The summed E-state index contributed by atoms with van der Waals surface area (Å²) in [6.45, 7) is 14.4. The van der Waals surface area contributed by atoms with Crippen molar-refractivity contribution < 1.29 is 18.7 Å². The lowest BCUT2D eigenvalue weighted by atomic mass is 9.79. The van der Waals surface area contributed by atoms with Gasteiger partial charge in [0.1, 0.15) is 5.83 Å². The number of amides is 2. The Hall–Kier alpha value is -1.96. The predicted octanol–water partition coefficient (Wildman–Crippen LogP) is 3.58. The van der Waals surface area contributed by atoms with Gasteiger partial charge < -0.3 is 19.9 Å². The van der Waals surface area contributed by atoms with Gasteiger partial charge in [-0.15, -0.1) is 0 Å². The van der Waals surface area contributed by atoms with Gasteiger partial charge in [0.15, 0.2) is 6.61 Å². The Balaban J connectivity index is 1.87. The van der Waals surface area contributed by atoms with Crippen molar-refractivity contribution in [2.75, 3.05) is 44.3 Å². The first-order valence-electron chi connectivity index (χ1n) is 10.4. The van der Waals surface area contributed by atoms with Gasteiger partial charge in [-0.2, -0.15) is 11.8 Å². The molecular formula is C22H34FN3O3S. The van der Waals surface area contributed by atoms with Crippen LogP contribution in [0.15, 0.2) is 36.3 Å². The van der Waals surface area contributed by atoms with E-state index in [2.05, 4.69) is 25.7 Å². The SMILES string of the molecule is C=C1/C=C\C(F)=C/C(C)C(C)(C)CN1CC(C)NC(=O)OCC(=O)N1CCSCC1. The summed E-state index contributed by atoms with van der Waals surface area (Å²) in [4.78, 5) is 28.0. The van der Waals surface area contributed by atoms with E-state index in [1.165, 1.54) is 6.08 Å². The summed E-state index contributed by atoms with van der Waals surface area (Å²) in [6.07, 6.45) is 4.09. The van der Waals surface area contributed by atoms with E-state index in [1.54, 1.807) is 17.1 Å². The number of thioether (sulfide) groups is 1. The molecule has 0 radical (unpaired) electrons. The Morgan fingerprint density at radius 1 is 1.37 bits per heavy atom. The number of nitrogens with zero attached hydrogens (tertiary/aromatic N) is 2. The molecule has 0 bridgehead atoms. The van der Waals surface area contributed by atoms with Crippen LogP contribution in [0.25, 0.3) is 0 Å². The molecule has 0 aromatic heterocycles. The minimum absolute atomic E-state index is 0.0305. The molecule has 30 heavy (non-hydrogen) atoms. The van der Waals surface area contributed by atoms with Crippen LogP contribution < -0.4 is 5.32 Å². The average molecular weight is 440 g/mol. The van der Waals surface area contributed by atoms with Crippen LogP contribution in [-0.4, -0.2) is 72.1 Å². The minimum atomic E-state index is -0.618. The zero-order valence-electron chi connectivity index (χ0n) is 18.4. The van der Waals surface area contributed by atoms with Crippen LogP contribution in [0.1, 0.15) is 27.7 Å². The zero-order valence-corrected chi connectivity index (χ0v) is 19.3. The van der Waals surface area contributed by atoms with Crippen molar-refractivity contribution in [1.29, 1.82) is 0 Å². The summed E-state index contributed by atoms with van der Waals surface area (Å²) in [6, 6.07) is -0.242. The second kappa shape index (κ2) is 10.9. The molecule has 1 fully saturated rings. The number of hydrogen-bond donors (Lipinski definition) is 1. The van der Waals surface area contributed by atoms with Gasteiger partial charge in [0.25, 0.3) is 5.91 Å². The molecule has 1 N–H and O–H groups in total. The third-order valence-electron chi connectivity index (χ3n) is 5.63. The molecule has 2 rings (SSSR count). The Morgan fingerprint density at radius 3 is 2.70 bits per heavy atom. The van der Waals surface area contributed by atoms with Crippen LogP contribution in [0, 0.1) is 11.3 Å². The fourth-order valence-electron chi connectivity index (χ4n) is 3.37. The van der Waals surface area contributed by atoms with Crippen molar-refractivity contribution in [2.45, 2.75) is 33.7 Å². The van der Waals surface area contributed by atoms with Crippen LogP contribution in [0.3, 0.4) is 0 Å². The molecule has 0 aliphatic carbocycles. The van der Waals surface area contributed by atoms with Gasteiger partial charge >= 0.3 is 6.09 Å². The van der Waals surface area contributed by atoms with Crippen LogP contribution in [-0.2, 0) is 9.53 Å². The van der Waals surface area contributed by atoms with Crippen molar-refractivity contribution in [3.63, 3.8) is 0 Å². The Morgan fingerprint density at radius 2 is 2.03 bits per heavy atom. The van der Waals surface area contributed by atoms with E-state index in [0.717, 1.165) is 11.5 Å². The zero-order chi connectivity index (χ0) is 22.3. The van der Waals surface area contributed by atoms with Crippen molar-refractivity contribution >= 4 is 23.8 Å². The third kappa shape index (κ3) is 7.38. The standard InChI is InChI=1S/C22H34FN3O3S/c1-16-12-19(23)7-6-18(3)26(15-22(16,4)5)13-17(2)24-21(28)29-14-20(27)25-8-10-30-11-9-25/h6-7,12,16-17H,3,8-11,13-15H2,1-2,4-5H3,(H,24,28)/b7-6-,19-12+. The number of carbonyl (C=O) groups is 2. The van der Waals surface area contributed by atoms with Gasteiger partial charge in [-0.25, -0.2) is 9.18 Å². The first kappa shape index (κ1) is 24.3. The molecule has 8 heteroatoms. The second-order valence-corrected chi connectivity index (χ2v) is 9.87. The summed E-state index contributed by atoms with van der Waals surface area (Å²) in [7, 11) is 0. The first-order chi connectivity index (χ1) is 14.1. The second-order valence-electron chi connectivity index (χ2n) is 8.65. The van der Waals surface area contributed by atoms with Gasteiger partial charge in [0.05, 0.1) is 0 Å². The van der Waals surface area contributed by atoms with Gasteiger partial charge in [-0.3, -0.25) is 4.79 Å². The van der Waals surface area contributed by atoms with Gasteiger partial charge in [0.2, 0.25) is 0 Å². The monoisotopic (exact) mass is 439 g/mol. The maximum atomic E-state index is 14.0. The van der Waals surface area contributed by atoms with Crippen LogP contribution in [0.2, 0.25) is 0 Å². The van der Waals surface area contributed by atoms with E-state index in [1.807, 2.05) is 30.5 Å². The molecule has 0 aromatic rings. The van der Waals surface area contributed by atoms with E-state index < -0.39 is 6.09 Å². The van der Waals surface area contributed by atoms with Crippen molar-refractivity contribution in [3.8, 4) is 0 Å². The molecule has 2 amide bonds. The molecule has 0 aromatic carbocycles. The third-order valence-corrected chi connectivity index (χ3v) is 6.57. The Kier molecular flexibility index (Phi) is 8.82. The van der Waals surface area contributed by atoms with Crippen LogP contribution in [0.5, 0.6) is 0 Å². The normalized spacial score (nSPS) is 25.8. The van der Waals surface area contributed by atoms with Crippen molar-refractivity contribution in [2.24, 2.45) is 11.3 Å². The number of halogens is 1. The lowest BCUT2D eigenvalue weighted by Gasteiger charge is -2.38. The number of nitrogens with one attached hydrogen (secondary N) is 1. The lowest BCUT2D eigenvalue weighted by molar-refractivity contribution is -0.133. The fourth-order valence-corrected chi connectivity index (χ4v) is 4.27.